The van der Waals surface area contributed by atoms with Crippen LogP contribution >= 0.6 is 15.9 Å². The van der Waals surface area contributed by atoms with Gasteiger partial charge >= 0.3 is 0 Å². The summed E-state index contributed by atoms with van der Waals surface area (Å²) in [5.41, 5.74) is 4.81. The predicted octanol–water partition coefficient (Wildman–Crippen LogP) is 5.06. The first-order valence-electron chi connectivity index (χ1n) is 7.57. The van der Waals surface area contributed by atoms with E-state index in [2.05, 4.69) is 34.1 Å². The highest BCUT2D eigenvalue weighted by Gasteiger charge is 2.22. The minimum absolute atomic E-state index is 0.744. The highest BCUT2D eigenvalue weighted by Crippen LogP contribution is 2.32. The van der Waals surface area contributed by atoms with E-state index in [4.69, 9.17) is 0 Å². The van der Waals surface area contributed by atoms with E-state index in [0.29, 0.717) is 0 Å². The molecule has 0 N–H and O–H groups in total. The normalized spacial score (nSPS) is 27.8. The molecule has 2 aliphatic carbocycles. The molecule has 1 aromatic carbocycles. The number of alkyl halides is 1. The van der Waals surface area contributed by atoms with E-state index < -0.39 is 0 Å². The molecule has 0 radical (unpaired) electrons. The Hall–Kier alpha value is -0.300. The molecule has 0 amide bonds. The van der Waals surface area contributed by atoms with Gasteiger partial charge in [-0.25, -0.2) is 0 Å². The lowest BCUT2D eigenvalue weighted by molar-refractivity contribution is 0.475. The highest BCUT2D eigenvalue weighted by molar-refractivity contribution is 9.09. The predicted molar refractivity (Wildman–Crippen MR) is 81.5 cm³/mol. The second kappa shape index (κ2) is 5.77. The van der Waals surface area contributed by atoms with Crippen molar-refractivity contribution in [2.75, 3.05) is 0 Å². The Bertz CT molecular complexity index is 410. The van der Waals surface area contributed by atoms with Gasteiger partial charge in [0.2, 0.25) is 0 Å². The van der Waals surface area contributed by atoms with E-state index in [1.807, 2.05) is 0 Å². The Kier molecular flexibility index (Phi) is 4.08. The summed E-state index contributed by atoms with van der Waals surface area (Å²) >= 11 is 3.92. The largest absolute Gasteiger partial charge is 0.0888 e. The molecule has 1 heteroatoms. The summed E-state index contributed by atoms with van der Waals surface area (Å²) in [7, 11) is 0. The van der Waals surface area contributed by atoms with Gasteiger partial charge in [-0.05, 0) is 61.1 Å². The van der Waals surface area contributed by atoms with Crippen molar-refractivity contribution in [3.05, 3.63) is 34.9 Å². The molecule has 0 nitrogen and oxygen atoms in total. The Balaban J connectivity index is 1.71. The van der Waals surface area contributed by atoms with Crippen molar-refractivity contribution < 1.29 is 0 Å². The van der Waals surface area contributed by atoms with Crippen LogP contribution in [0.25, 0.3) is 0 Å². The van der Waals surface area contributed by atoms with Crippen molar-refractivity contribution in [2.24, 2.45) is 5.92 Å². The van der Waals surface area contributed by atoms with E-state index in [0.717, 1.165) is 10.7 Å². The lowest BCUT2D eigenvalue weighted by atomic mass is 9.91. The topological polar surface area (TPSA) is 0 Å². The van der Waals surface area contributed by atoms with Gasteiger partial charge in [-0.3, -0.25) is 0 Å². The third-order valence-electron chi connectivity index (χ3n) is 4.73. The molecule has 1 fully saturated rings. The van der Waals surface area contributed by atoms with Crippen LogP contribution in [0.15, 0.2) is 18.2 Å². The molecule has 2 atom stereocenters. The van der Waals surface area contributed by atoms with Crippen LogP contribution in [0, 0.1) is 5.92 Å². The van der Waals surface area contributed by atoms with Crippen LogP contribution in [0.4, 0.5) is 0 Å². The van der Waals surface area contributed by atoms with Crippen LogP contribution in [-0.2, 0) is 19.3 Å². The quantitative estimate of drug-likeness (QED) is 0.529. The standard InChI is InChI=1S/C17H23Br/c18-17-8-3-1-2-5-16(17)12-13-9-10-14-6-4-7-15(14)11-13/h9-11,16-17H,1-8,12H2. The molecule has 0 heterocycles. The van der Waals surface area contributed by atoms with E-state index in [1.54, 1.807) is 16.7 Å². The monoisotopic (exact) mass is 306 g/mol. The van der Waals surface area contributed by atoms with E-state index in [1.165, 1.54) is 57.8 Å². The van der Waals surface area contributed by atoms with Gasteiger partial charge in [0.05, 0.1) is 0 Å². The van der Waals surface area contributed by atoms with Crippen molar-refractivity contribution in [3.63, 3.8) is 0 Å². The highest BCUT2D eigenvalue weighted by atomic mass is 79.9. The van der Waals surface area contributed by atoms with E-state index in [-0.39, 0.29) is 0 Å². The fraction of sp³-hybridized carbons (Fsp3) is 0.647. The summed E-state index contributed by atoms with van der Waals surface area (Å²) in [6.07, 6.45) is 12.3. The zero-order valence-corrected chi connectivity index (χ0v) is 12.7. The van der Waals surface area contributed by atoms with Crippen LogP contribution in [-0.4, -0.2) is 4.83 Å². The second-order valence-electron chi connectivity index (χ2n) is 6.07. The third kappa shape index (κ3) is 2.82. The van der Waals surface area contributed by atoms with Crippen molar-refractivity contribution >= 4 is 15.9 Å². The van der Waals surface area contributed by atoms with Crippen LogP contribution in [0.3, 0.4) is 0 Å². The number of rotatable bonds is 2. The summed E-state index contributed by atoms with van der Waals surface area (Å²) < 4.78 is 0. The first-order valence-corrected chi connectivity index (χ1v) is 8.49. The molecule has 0 spiro atoms. The minimum Gasteiger partial charge on any atom is -0.0888 e. The van der Waals surface area contributed by atoms with E-state index >= 15 is 0 Å². The smallest absolute Gasteiger partial charge is 0.0177 e. The molecule has 0 saturated heterocycles. The second-order valence-corrected chi connectivity index (χ2v) is 7.25. The van der Waals surface area contributed by atoms with Gasteiger partial charge in [-0.1, -0.05) is 53.4 Å². The Morgan fingerprint density at radius 2 is 1.78 bits per heavy atom. The summed E-state index contributed by atoms with van der Waals surface area (Å²) in [6, 6.07) is 7.26. The molecule has 1 aromatic rings. The van der Waals surface area contributed by atoms with Crippen LogP contribution < -0.4 is 0 Å². The van der Waals surface area contributed by atoms with Gasteiger partial charge in [-0.15, -0.1) is 0 Å². The van der Waals surface area contributed by atoms with Gasteiger partial charge in [0.15, 0.2) is 0 Å². The van der Waals surface area contributed by atoms with E-state index in [9.17, 15) is 0 Å². The first-order chi connectivity index (χ1) is 8.83. The lowest BCUT2D eigenvalue weighted by Crippen LogP contribution is -2.15. The average molecular weight is 307 g/mol. The number of hydrogen-bond donors (Lipinski definition) is 0. The maximum atomic E-state index is 3.92. The number of hydrogen-bond acceptors (Lipinski definition) is 0. The molecule has 0 aromatic heterocycles. The molecule has 18 heavy (non-hydrogen) atoms. The van der Waals surface area contributed by atoms with Crippen molar-refractivity contribution in [1.29, 1.82) is 0 Å². The maximum Gasteiger partial charge on any atom is 0.0177 e. The molecule has 3 rings (SSSR count). The minimum atomic E-state index is 0.744. The van der Waals surface area contributed by atoms with Gasteiger partial charge in [0.1, 0.15) is 0 Å². The van der Waals surface area contributed by atoms with Crippen molar-refractivity contribution in [1.82, 2.24) is 0 Å². The zero-order valence-electron chi connectivity index (χ0n) is 11.1. The molecule has 2 aliphatic rings. The van der Waals surface area contributed by atoms with Crippen molar-refractivity contribution in [2.45, 2.75) is 62.6 Å². The molecule has 2 unspecified atom stereocenters. The molecule has 98 valence electrons. The molecular formula is C17H23Br. The van der Waals surface area contributed by atoms with Gasteiger partial charge < -0.3 is 0 Å². The summed E-state index contributed by atoms with van der Waals surface area (Å²) in [5.74, 6) is 0.854. The SMILES string of the molecule is BrC1CCCCCC1Cc1ccc2c(c1)CCC2. The molecular weight excluding hydrogens is 284 g/mol. The maximum absolute atomic E-state index is 3.92. The van der Waals surface area contributed by atoms with Crippen LogP contribution in [0.5, 0.6) is 0 Å². The molecule has 1 saturated carbocycles. The Labute approximate surface area is 119 Å². The Morgan fingerprint density at radius 3 is 2.72 bits per heavy atom. The number of halogens is 1. The summed E-state index contributed by atoms with van der Waals surface area (Å²) in [6.45, 7) is 0. The summed E-state index contributed by atoms with van der Waals surface area (Å²) in [5, 5.41) is 0. The number of aryl methyl sites for hydroxylation is 2. The fourth-order valence-electron chi connectivity index (χ4n) is 3.62. The van der Waals surface area contributed by atoms with Crippen LogP contribution in [0.1, 0.15) is 55.2 Å². The van der Waals surface area contributed by atoms with Gasteiger partial charge in [0.25, 0.3) is 0 Å². The Morgan fingerprint density at radius 1 is 0.944 bits per heavy atom. The van der Waals surface area contributed by atoms with Crippen molar-refractivity contribution in [3.8, 4) is 0 Å². The van der Waals surface area contributed by atoms with Gasteiger partial charge in [0, 0.05) is 4.83 Å². The van der Waals surface area contributed by atoms with Gasteiger partial charge in [-0.2, -0.15) is 0 Å². The van der Waals surface area contributed by atoms with Crippen LogP contribution in [0.2, 0.25) is 0 Å². The number of fused-ring (bicyclic) bond motifs is 1. The third-order valence-corrected chi connectivity index (χ3v) is 5.93. The lowest BCUT2D eigenvalue weighted by Gasteiger charge is -2.20. The number of benzene rings is 1. The zero-order chi connectivity index (χ0) is 12.4. The summed E-state index contributed by atoms with van der Waals surface area (Å²) in [4.78, 5) is 0.744. The fourth-order valence-corrected chi connectivity index (χ4v) is 4.40. The molecule has 0 bridgehead atoms. The first kappa shape index (κ1) is 12.7. The molecule has 0 aliphatic heterocycles. The average Bonchev–Trinajstić information content (AvgIpc) is 2.75.